The lowest BCUT2D eigenvalue weighted by Crippen LogP contribution is -2.59. The molecular formula is C24H40N2O5S. The van der Waals surface area contributed by atoms with Crippen LogP contribution in [-0.2, 0) is 19.1 Å². The third-order valence-corrected chi connectivity index (χ3v) is 9.16. The number of hydrogen-bond donors (Lipinski definition) is 2. The molecule has 0 saturated carbocycles. The third-order valence-electron chi connectivity index (χ3n) is 7.18. The summed E-state index contributed by atoms with van der Waals surface area (Å²) >= 11 is 1.62. The molecule has 0 aliphatic carbocycles. The molecule has 3 rings (SSSR count). The monoisotopic (exact) mass is 468 g/mol. The van der Waals surface area contributed by atoms with Crippen LogP contribution < -0.4 is 5.32 Å². The molecule has 2 amide bonds. The molecule has 3 saturated heterocycles. The molecule has 6 atom stereocenters. The summed E-state index contributed by atoms with van der Waals surface area (Å²) in [5.41, 5.74) is -0.447. The summed E-state index contributed by atoms with van der Waals surface area (Å²) in [5.74, 6) is -1.96. The maximum absolute atomic E-state index is 13.8. The van der Waals surface area contributed by atoms with E-state index in [4.69, 9.17) is 4.74 Å². The van der Waals surface area contributed by atoms with E-state index >= 15 is 0 Å². The van der Waals surface area contributed by atoms with Gasteiger partial charge in [0.25, 0.3) is 0 Å². The predicted molar refractivity (Wildman–Crippen MR) is 125 cm³/mol. The number of nitrogens with zero attached hydrogens (tertiary/aromatic N) is 1. The predicted octanol–water partition coefficient (Wildman–Crippen LogP) is 2.74. The van der Waals surface area contributed by atoms with Gasteiger partial charge in [-0.15, -0.1) is 11.8 Å². The van der Waals surface area contributed by atoms with E-state index < -0.39 is 39.0 Å². The van der Waals surface area contributed by atoms with Gasteiger partial charge in [-0.2, -0.15) is 0 Å². The number of carbonyl (C=O) groups is 3. The highest BCUT2D eigenvalue weighted by atomic mass is 32.2. The first kappa shape index (κ1) is 25.3. The molecular weight excluding hydrogens is 428 g/mol. The van der Waals surface area contributed by atoms with Crippen molar-refractivity contribution in [2.75, 3.05) is 13.2 Å². The minimum Gasteiger partial charge on any atom is -0.466 e. The summed E-state index contributed by atoms with van der Waals surface area (Å²) < 4.78 is 4.26. The number of esters is 1. The lowest BCUT2D eigenvalue weighted by atomic mass is 9.66. The Labute approximate surface area is 196 Å². The van der Waals surface area contributed by atoms with Crippen molar-refractivity contribution in [3.05, 3.63) is 0 Å². The second-order valence-electron chi connectivity index (χ2n) is 11.9. The van der Waals surface area contributed by atoms with E-state index in [-0.39, 0.29) is 36.4 Å². The summed E-state index contributed by atoms with van der Waals surface area (Å²) in [5, 5.41) is 13.1. The number of amides is 2. The van der Waals surface area contributed by atoms with Crippen LogP contribution in [0.2, 0.25) is 0 Å². The molecule has 2 unspecified atom stereocenters. The van der Waals surface area contributed by atoms with Crippen LogP contribution in [0.5, 0.6) is 0 Å². The Hall–Kier alpha value is -1.28. The Kier molecular flexibility index (Phi) is 6.48. The van der Waals surface area contributed by atoms with Crippen molar-refractivity contribution >= 4 is 29.5 Å². The van der Waals surface area contributed by atoms with E-state index in [1.165, 1.54) is 0 Å². The fourth-order valence-corrected chi connectivity index (χ4v) is 8.92. The Bertz CT molecular complexity index is 794. The van der Waals surface area contributed by atoms with Crippen LogP contribution in [0.15, 0.2) is 0 Å². The molecule has 32 heavy (non-hydrogen) atoms. The fraction of sp³-hybridized carbons (Fsp3) is 0.875. The van der Waals surface area contributed by atoms with Crippen LogP contribution in [0.3, 0.4) is 0 Å². The molecule has 0 aromatic heterocycles. The van der Waals surface area contributed by atoms with Crippen LogP contribution in [0, 0.1) is 17.3 Å². The highest BCUT2D eigenvalue weighted by Gasteiger charge is 2.77. The van der Waals surface area contributed by atoms with E-state index in [1.807, 2.05) is 20.8 Å². The second-order valence-corrected chi connectivity index (χ2v) is 13.8. The number of thioether (sulfide) groups is 1. The van der Waals surface area contributed by atoms with Gasteiger partial charge in [-0.1, -0.05) is 20.8 Å². The molecule has 8 heteroatoms. The number of fused-ring (bicyclic) bond motifs is 1. The first-order chi connectivity index (χ1) is 14.6. The zero-order valence-corrected chi connectivity index (χ0v) is 21.6. The number of carbonyl (C=O) groups excluding carboxylic acids is 3. The molecule has 0 aromatic rings. The Morgan fingerprint density at radius 2 is 1.91 bits per heavy atom. The zero-order valence-electron chi connectivity index (χ0n) is 20.8. The van der Waals surface area contributed by atoms with Crippen molar-refractivity contribution in [2.45, 2.75) is 102 Å². The molecule has 2 bridgehead atoms. The first-order valence-electron chi connectivity index (χ1n) is 11.7. The lowest BCUT2D eigenvalue weighted by molar-refractivity contribution is -0.155. The van der Waals surface area contributed by atoms with E-state index in [0.717, 1.165) is 12.8 Å². The largest absolute Gasteiger partial charge is 0.466 e. The molecule has 3 fully saturated rings. The smallest absolute Gasteiger partial charge is 0.311 e. The molecule has 0 aromatic carbocycles. The van der Waals surface area contributed by atoms with Crippen LogP contribution >= 0.6 is 11.8 Å². The molecule has 3 aliphatic heterocycles. The average molecular weight is 469 g/mol. The summed E-state index contributed by atoms with van der Waals surface area (Å²) in [6.45, 7) is 16.0. The second kappa shape index (κ2) is 8.19. The number of likely N-dealkylation sites (tertiary alicyclic amines) is 1. The molecule has 1 spiro atoms. The van der Waals surface area contributed by atoms with E-state index in [2.05, 4.69) is 26.1 Å². The molecule has 0 radical (unpaired) electrons. The van der Waals surface area contributed by atoms with Crippen LogP contribution in [0.1, 0.15) is 74.7 Å². The maximum atomic E-state index is 13.8. The number of rotatable bonds is 7. The molecule has 7 nitrogen and oxygen atoms in total. The van der Waals surface area contributed by atoms with E-state index in [9.17, 15) is 19.5 Å². The van der Waals surface area contributed by atoms with Crippen molar-refractivity contribution in [1.82, 2.24) is 10.2 Å². The maximum Gasteiger partial charge on any atom is 0.311 e. The normalized spacial score (nSPS) is 35.1. The number of ether oxygens (including phenoxy) is 1. The molecule has 2 N–H and O–H groups in total. The van der Waals surface area contributed by atoms with Crippen molar-refractivity contribution in [3.8, 4) is 0 Å². The molecule has 3 aliphatic rings. The first-order valence-corrected chi connectivity index (χ1v) is 12.6. The van der Waals surface area contributed by atoms with Gasteiger partial charge in [0.2, 0.25) is 11.8 Å². The summed E-state index contributed by atoms with van der Waals surface area (Å²) in [7, 11) is 0. The van der Waals surface area contributed by atoms with Gasteiger partial charge in [0, 0.05) is 10.3 Å². The van der Waals surface area contributed by atoms with E-state index in [1.54, 1.807) is 30.5 Å². The lowest BCUT2D eigenvalue weighted by Gasteiger charge is -2.39. The van der Waals surface area contributed by atoms with Gasteiger partial charge in [0.15, 0.2) is 0 Å². The van der Waals surface area contributed by atoms with Crippen molar-refractivity contribution < 1.29 is 24.2 Å². The van der Waals surface area contributed by atoms with Crippen molar-refractivity contribution in [2.24, 2.45) is 17.3 Å². The quantitative estimate of drug-likeness (QED) is 0.558. The summed E-state index contributed by atoms with van der Waals surface area (Å²) in [6, 6.07) is -1.24. The van der Waals surface area contributed by atoms with Gasteiger partial charge in [0.1, 0.15) is 6.04 Å². The minimum atomic E-state index is -0.729. The van der Waals surface area contributed by atoms with Gasteiger partial charge >= 0.3 is 5.97 Å². The van der Waals surface area contributed by atoms with Gasteiger partial charge < -0.3 is 20.1 Å². The third kappa shape index (κ3) is 4.06. The van der Waals surface area contributed by atoms with Crippen LogP contribution in [-0.4, -0.2) is 68.1 Å². The minimum absolute atomic E-state index is 0.0181. The SMILES string of the molecule is CCOC(=O)[C@H]1[C@H]2C(=O)N([C@H](C)CO)C(C(=O)NC(C)(C)CC(C)(C)C)C23CC[C@]1(C)S3. The van der Waals surface area contributed by atoms with Crippen LogP contribution in [0.25, 0.3) is 0 Å². The Balaban J connectivity index is 2.02. The van der Waals surface area contributed by atoms with Crippen LogP contribution in [0.4, 0.5) is 0 Å². The highest BCUT2D eigenvalue weighted by Crippen LogP contribution is 2.71. The number of aliphatic hydroxyl groups is 1. The summed E-state index contributed by atoms with van der Waals surface area (Å²) in [4.78, 5) is 42.1. The Morgan fingerprint density at radius 3 is 2.44 bits per heavy atom. The molecule has 182 valence electrons. The standard InChI is InChI=1S/C24H40N2O5S/c1-9-31-20(30)16-15-19(29)26(14(2)12-27)17(24(15)11-10-23(16,8)32-24)18(28)25-22(6,7)13-21(3,4)5/h14-17,27H,9-13H2,1-8H3,(H,25,28)/t14-,15+,16-,17?,23+,24?/m1/s1. The Morgan fingerprint density at radius 1 is 1.28 bits per heavy atom. The number of nitrogens with one attached hydrogen (secondary N) is 1. The highest BCUT2D eigenvalue weighted by molar-refractivity contribution is 8.02. The van der Waals surface area contributed by atoms with Gasteiger partial charge in [0.05, 0.1) is 35.8 Å². The van der Waals surface area contributed by atoms with E-state index in [0.29, 0.717) is 6.42 Å². The fourth-order valence-electron chi connectivity index (χ4n) is 6.59. The van der Waals surface area contributed by atoms with Gasteiger partial charge in [-0.25, -0.2) is 0 Å². The molecule has 3 heterocycles. The topological polar surface area (TPSA) is 95.9 Å². The average Bonchev–Trinajstić information content (AvgIpc) is 3.19. The van der Waals surface area contributed by atoms with Crippen molar-refractivity contribution in [3.63, 3.8) is 0 Å². The van der Waals surface area contributed by atoms with Gasteiger partial charge in [-0.3, -0.25) is 14.4 Å². The van der Waals surface area contributed by atoms with Crippen molar-refractivity contribution in [1.29, 1.82) is 0 Å². The number of hydrogen-bond acceptors (Lipinski definition) is 6. The zero-order chi connectivity index (χ0) is 24.3. The number of aliphatic hydroxyl groups excluding tert-OH is 1. The van der Waals surface area contributed by atoms with Gasteiger partial charge in [-0.05, 0) is 59.3 Å². The summed E-state index contributed by atoms with van der Waals surface area (Å²) in [6.07, 6.45) is 2.21.